The Morgan fingerprint density at radius 1 is 1.33 bits per heavy atom. The van der Waals surface area contributed by atoms with Crippen LogP contribution < -0.4 is 0 Å². The highest BCUT2D eigenvalue weighted by Crippen LogP contribution is 2.10. The Bertz CT molecular complexity index is 298. The van der Waals surface area contributed by atoms with Gasteiger partial charge < -0.3 is 0 Å². The SMILES string of the molecule is Cc1ccc(/C=C(/Br)C=O)cc1. The average Bonchev–Trinajstić information content (AvgIpc) is 2.09. The molecule has 1 nitrogen and oxygen atoms in total. The van der Waals surface area contributed by atoms with Gasteiger partial charge in [0.1, 0.15) is 0 Å². The van der Waals surface area contributed by atoms with Gasteiger partial charge in [0.15, 0.2) is 6.29 Å². The normalized spacial score (nSPS) is 11.3. The fourth-order valence-electron chi connectivity index (χ4n) is 0.856. The minimum Gasteiger partial charge on any atom is -0.297 e. The van der Waals surface area contributed by atoms with E-state index in [-0.39, 0.29) is 0 Å². The zero-order valence-electron chi connectivity index (χ0n) is 6.75. The topological polar surface area (TPSA) is 17.1 Å². The van der Waals surface area contributed by atoms with Crippen molar-refractivity contribution in [2.24, 2.45) is 0 Å². The Morgan fingerprint density at radius 2 is 1.92 bits per heavy atom. The maximum atomic E-state index is 10.3. The second-order valence-corrected chi connectivity index (χ2v) is 3.47. The average molecular weight is 225 g/mol. The van der Waals surface area contributed by atoms with E-state index in [1.54, 1.807) is 6.08 Å². The molecule has 0 spiro atoms. The van der Waals surface area contributed by atoms with Crippen molar-refractivity contribution in [1.82, 2.24) is 0 Å². The molecule has 1 aromatic rings. The molecule has 0 aliphatic heterocycles. The van der Waals surface area contributed by atoms with Crippen molar-refractivity contribution >= 4 is 28.3 Å². The number of halogens is 1. The van der Waals surface area contributed by atoms with Crippen molar-refractivity contribution in [1.29, 1.82) is 0 Å². The van der Waals surface area contributed by atoms with Gasteiger partial charge in [0.05, 0.1) is 4.48 Å². The molecule has 2 heteroatoms. The molecule has 0 saturated carbocycles. The van der Waals surface area contributed by atoms with Crippen molar-refractivity contribution in [3.63, 3.8) is 0 Å². The summed E-state index contributed by atoms with van der Waals surface area (Å²) in [6.07, 6.45) is 2.56. The monoisotopic (exact) mass is 224 g/mol. The zero-order valence-corrected chi connectivity index (χ0v) is 8.34. The fourth-order valence-corrected chi connectivity index (χ4v) is 1.12. The van der Waals surface area contributed by atoms with E-state index < -0.39 is 0 Å². The van der Waals surface area contributed by atoms with Crippen molar-refractivity contribution in [3.8, 4) is 0 Å². The lowest BCUT2D eigenvalue weighted by Gasteiger charge is -1.94. The van der Waals surface area contributed by atoms with Crippen LogP contribution in [0.25, 0.3) is 6.08 Å². The highest BCUT2D eigenvalue weighted by molar-refractivity contribution is 9.12. The quantitative estimate of drug-likeness (QED) is 0.558. The van der Waals surface area contributed by atoms with Crippen LogP contribution in [0.1, 0.15) is 11.1 Å². The predicted molar refractivity (Wildman–Crippen MR) is 54.1 cm³/mol. The van der Waals surface area contributed by atoms with E-state index >= 15 is 0 Å². The lowest BCUT2D eigenvalue weighted by molar-refractivity contribution is -0.104. The first-order valence-electron chi connectivity index (χ1n) is 3.61. The summed E-state index contributed by atoms with van der Waals surface area (Å²) in [5.41, 5.74) is 2.24. The fraction of sp³-hybridized carbons (Fsp3) is 0.100. The molecule has 0 aromatic heterocycles. The van der Waals surface area contributed by atoms with Crippen molar-refractivity contribution < 1.29 is 4.79 Å². The summed E-state index contributed by atoms with van der Waals surface area (Å²) in [6.45, 7) is 2.03. The molecule has 0 saturated heterocycles. The Kier molecular flexibility index (Phi) is 3.23. The Morgan fingerprint density at radius 3 is 2.42 bits per heavy atom. The number of rotatable bonds is 2. The van der Waals surface area contributed by atoms with Crippen LogP contribution in [0.2, 0.25) is 0 Å². The standard InChI is InChI=1S/C10H9BrO/c1-8-2-4-9(5-3-8)6-10(11)7-12/h2-7H,1H3/b10-6+. The largest absolute Gasteiger partial charge is 0.297 e. The maximum absolute atomic E-state index is 10.3. The van der Waals surface area contributed by atoms with E-state index in [1.165, 1.54) is 5.56 Å². The van der Waals surface area contributed by atoms with Crippen molar-refractivity contribution in [2.75, 3.05) is 0 Å². The molecule has 12 heavy (non-hydrogen) atoms. The molecule has 0 aliphatic rings. The van der Waals surface area contributed by atoms with Crippen LogP contribution in [0.4, 0.5) is 0 Å². The molecule has 0 heterocycles. The third kappa shape index (κ3) is 2.62. The summed E-state index contributed by atoms with van der Waals surface area (Å²) in [7, 11) is 0. The molecular weight excluding hydrogens is 216 g/mol. The maximum Gasteiger partial charge on any atom is 0.157 e. The van der Waals surface area contributed by atoms with E-state index in [0.29, 0.717) is 4.48 Å². The summed E-state index contributed by atoms with van der Waals surface area (Å²) in [6, 6.07) is 7.97. The Hall–Kier alpha value is -0.890. The molecule has 0 atom stereocenters. The van der Waals surface area contributed by atoms with Gasteiger partial charge in [0.2, 0.25) is 0 Å². The molecule has 0 amide bonds. The van der Waals surface area contributed by atoms with E-state index in [2.05, 4.69) is 15.9 Å². The van der Waals surface area contributed by atoms with Gasteiger partial charge in [0, 0.05) is 0 Å². The van der Waals surface area contributed by atoms with Crippen molar-refractivity contribution in [3.05, 3.63) is 39.9 Å². The van der Waals surface area contributed by atoms with Gasteiger partial charge in [-0.05, 0) is 34.5 Å². The molecule has 0 radical (unpaired) electrons. The molecule has 1 aromatic carbocycles. The van der Waals surface area contributed by atoms with Crippen LogP contribution in [-0.4, -0.2) is 6.29 Å². The van der Waals surface area contributed by atoms with E-state index in [1.807, 2.05) is 31.2 Å². The molecule has 1 rings (SSSR count). The summed E-state index contributed by atoms with van der Waals surface area (Å²) in [5.74, 6) is 0. The van der Waals surface area contributed by atoms with Gasteiger partial charge >= 0.3 is 0 Å². The Balaban J connectivity index is 2.91. The van der Waals surface area contributed by atoms with E-state index in [9.17, 15) is 4.79 Å². The van der Waals surface area contributed by atoms with Gasteiger partial charge in [0.25, 0.3) is 0 Å². The number of aldehydes is 1. The molecule has 0 unspecified atom stereocenters. The highest BCUT2D eigenvalue weighted by atomic mass is 79.9. The molecular formula is C10H9BrO. The third-order valence-electron chi connectivity index (χ3n) is 1.49. The smallest absolute Gasteiger partial charge is 0.157 e. The first-order valence-corrected chi connectivity index (χ1v) is 4.41. The minimum absolute atomic E-state index is 0.561. The first kappa shape index (κ1) is 9.20. The van der Waals surface area contributed by atoms with Gasteiger partial charge in [-0.2, -0.15) is 0 Å². The van der Waals surface area contributed by atoms with Crippen LogP contribution in [-0.2, 0) is 4.79 Å². The van der Waals surface area contributed by atoms with Crippen LogP contribution in [0.5, 0.6) is 0 Å². The second-order valence-electron chi connectivity index (χ2n) is 2.56. The van der Waals surface area contributed by atoms with Crippen molar-refractivity contribution in [2.45, 2.75) is 6.92 Å². The van der Waals surface area contributed by atoms with E-state index in [4.69, 9.17) is 0 Å². The molecule has 62 valence electrons. The lowest BCUT2D eigenvalue weighted by Crippen LogP contribution is -1.76. The van der Waals surface area contributed by atoms with Gasteiger partial charge in [-0.3, -0.25) is 4.79 Å². The van der Waals surface area contributed by atoms with Crippen LogP contribution in [0, 0.1) is 6.92 Å². The summed E-state index contributed by atoms with van der Waals surface area (Å²) < 4.78 is 0.561. The first-order chi connectivity index (χ1) is 5.72. The summed E-state index contributed by atoms with van der Waals surface area (Å²) in [4.78, 5) is 10.3. The second kappa shape index (κ2) is 4.21. The van der Waals surface area contributed by atoms with Gasteiger partial charge in [-0.15, -0.1) is 0 Å². The summed E-state index contributed by atoms with van der Waals surface area (Å²) >= 11 is 3.13. The van der Waals surface area contributed by atoms with Crippen LogP contribution >= 0.6 is 15.9 Å². The Labute approximate surface area is 80.2 Å². The van der Waals surface area contributed by atoms with Gasteiger partial charge in [-0.25, -0.2) is 0 Å². The molecule has 0 bridgehead atoms. The zero-order chi connectivity index (χ0) is 8.97. The number of benzene rings is 1. The van der Waals surface area contributed by atoms with Crippen LogP contribution in [0.15, 0.2) is 28.7 Å². The molecule has 0 aliphatic carbocycles. The minimum atomic E-state index is 0.561. The number of hydrogen-bond donors (Lipinski definition) is 0. The number of allylic oxidation sites excluding steroid dienone is 1. The number of aryl methyl sites for hydroxylation is 1. The number of carbonyl (C=O) groups excluding carboxylic acids is 1. The molecule has 0 fully saturated rings. The lowest BCUT2D eigenvalue weighted by atomic mass is 10.1. The van der Waals surface area contributed by atoms with Gasteiger partial charge in [-0.1, -0.05) is 29.8 Å². The highest BCUT2D eigenvalue weighted by Gasteiger charge is 1.89. The summed E-state index contributed by atoms with van der Waals surface area (Å²) in [5, 5.41) is 0. The number of carbonyl (C=O) groups is 1. The molecule has 0 N–H and O–H groups in total. The predicted octanol–water partition coefficient (Wildman–Crippen LogP) is 2.93. The van der Waals surface area contributed by atoms with Crippen LogP contribution in [0.3, 0.4) is 0 Å². The third-order valence-corrected chi connectivity index (χ3v) is 1.91. The number of hydrogen-bond acceptors (Lipinski definition) is 1. The van der Waals surface area contributed by atoms with E-state index in [0.717, 1.165) is 11.8 Å².